The molecule has 0 atom stereocenters. The summed E-state index contributed by atoms with van der Waals surface area (Å²) in [5.74, 6) is 0. The zero-order valence-electron chi connectivity index (χ0n) is 16.5. The molecule has 0 amide bonds. The Morgan fingerprint density at radius 3 is 2.67 bits per heavy atom. The summed E-state index contributed by atoms with van der Waals surface area (Å²) in [5, 5.41) is 3.92. The lowest BCUT2D eigenvalue weighted by molar-refractivity contribution is -0.659. The zero-order chi connectivity index (χ0) is 18.9. The van der Waals surface area contributed by atoms with Gasteiger partial charge in [-0.1, -0.05) is 38.6 Å². The molecule has 0 N–H and O–H groups in total. The lowest BCUT2D eigenvalue weighted by atomic mass is 9.87. The van der Waals surface area contributed by atoms with Gasteiger partial charge in [0.2, 0.25) is 5.69 Å². The van der Waals surface area contributed by atoms with Crippen molar-refractivity contribution in [3.05, 3.63) is 53.9 Å². The highest BCUT2D eigenvalue weighted by Gasteiger charge is 2.30. The van der Waals surface area contributed by atoms with Crippen molar-refractivity contribution in [2.75, 3.05) is 0 Å². The third kappa shape index (κ3) is 2.60. The maximum atomic E-state index is 5.73. The summed E-state index contributed by atoms with van der Waals surface area (Å²) in [6.45, 7) is 9.13. The second-order valence-electron chi connectivity index (χ2n) is 8.88. The van der Waals surface area contributed by atoms with Crippen molar-refractivity contribution in [2.45, 2.75) is 43.9 Å². The van der Waals surface area contributed by atoms with E-state index in [1.807, 2.05) is 11.8 Å². The first kappa shape index (κ1) is 16.9. The van der Waals surface area contributed by atoms with Gasteiger partial charge in [0.1, 0.15) is 12.6 Å². The molecule has 1 aliphatic heterocycles. The third-order valence-electron chi connectivity index (χ3n) is 5.43. The Morgan fingerprint density at radius 1 is 1.07 bits per heavy atom. The minimum absolute atomic E-state index is 0.275. The Bertz CT molecular complexity index is 1230. The Kier molecular flexibility index (Phi) is 3.51. The van der Waals surface area contributed by atoms with Gasteiger partial charge in [0.05, 0.1) is 17.2 Å². The van der Waals surface area contributed by atoms with E-state index in [0.29, 0.717) is 0 Å². The molecule has 0 spiro atoms. The summed E-state index contributed by atoms with van der Waals surface area (Å²) in [5.41, 5.74) is 6.63. The van der Waals surface area contributed by atoms with Gasteiger partial charge in [0.15, 0.2) is 6.20 Å². The summed E-state index contributed by atoms with van der Waals surface area (Å²) >= 11 is 1.88. The second-order valence-corrected chi connectivity index (χ2v) is 9.96. The van der Waals surface area contributed by atoms with Gasteiger partial charge in [-0.05, 0) is 53.5 Å². The molecule has 0 saturated heterocycles. The van der Waals surface area contributed by atoms with Crippen LogP contribution in [0.5, 0.6) is 0 Å². The fourth-order valence-corrected chi connectivity index (χ4v) is 5.65. The first-order chi connectivity index (χ1) is 12.8. The number of pyridine rings is 1. The van der Waals surface area contributed by atoms with Crippen LogP contribution in [0.25, 0.3) is 33.0 Å². The molecule has 0 unspecified atom stereocenters. The van der Waals surface area contributed by atoms with E-state index in [1.54, 1.807) is 6.26 Å². The van der Waals surface area contributed by atoms with E-state index in [9.17, 15) is 0 Å². The zero-order valence-corrected chi connectivity index (χ0v) is 17.3. The van der Waals surface area contributed by atoms with Crippen LogP contribution in [0.4, 0.5) is 0 Å². The highest BCUT2D eigenvalue weighted by molar-refractivity contribution is 7.99. The Labute approximate surface area is 164 Å². The standard InChI is InChI=1S/C24H24NOS/c1-14-17-7-9-26-18(17)12-20-21(14)23-22-16(6-8-25(23)5)10-15(11-19(22)27-20)13-24(2,3)4/h6-12H,13H2,1-5H3/q+1. The summed E-state index contributed by atoms with van der Waals surface area (Å²) < 4.78 is 8.00. The molecule has 2 nitrogen and oxygen atoms in total. The van der Waals surface area contributed by atoms with Crippen LogP contribution in [-0.4, -0.2) is 0 Å². The molecule has 3 heteroatoms. The fourth-order valence-electron chi connectivity index (χ4n) is 4.37. The molecular weight excluding hydrogens is 350 g/mol. The van der Waals surface area contributed by atoms with E-state index in [0.717, 1.165) is 12.0 Å². The van der Waals surface area contributed by atoms with Gasteiger partial charge in [-0.15, -0.1) is 0 Å². The Morgan fingerprint density at radius 2 is 1.89 bits per heavy atom. The largest absolute Gasteiger partial charge is 0.464 e. The molecule has 3 heterocycles. The summed E-state index contributed by atoms with van der Waals surface area (Å²) in [6, 6.07) is 11.3. The molecule has 1 aliphatic rings. The van der Waals surface area contributed by atoms with Crippen LogP contribution in [0.15, 0.2) is 57.0 Å². The van der Waals surface area contributed by atoms with Crippen LogP contribution >= 0.6 is 11.8 Å². The number of aromatic nitrogens is 1. The van der Waals surface area contributed by atoms with Crippen molar-refractivity contribution in [1.29, 1.82) is 0 Å². The van der Waals surface area contributed by atoms with E-state index in [1.165, 1.54) is 48.3 Å². The summed E-state index contributed by atoms with van der Waals surface area (Å²) in [4.78, 5) is 2.65. The van der Waals surface area contributed by atoms with Crippen molar-refractivity contribution in [3.8, 4) is 11.3 Å². The first-order valence-corrected chi connectivity index (χ1v) is 10.3. The van der Waals surface area contributed by atoms with E-state index in [4.69, 9.17) is 4.42 Å². The molecule has 0 radical (unpaired) electrons. The van der Waals surface area contributed by atoms with E-state index < -0.39 is 0 Å². The number of aryl methyl sites for hydroxylation is 2. The van der Waals surface area contributed by atoms with E-state index >= 15 is 0 Å². The van der Waals surface area contributed by atoms with Crippen LogP contribution in [-0.2, 0) is 13.5 Å². The molecule has 0 bridgehead atoms. The molecule has 0 fully saturated rings. The van der Waals surface area contributed by atoms with E-state index in [-0.39, 0.29) is 5.41 Å². The van der Waals surface area contributed by atoms with Crippen LogP contribution in [0.3, 0.4) is 0 Å². The van der Waals surface area contributed by atoms with Gasteiger partial charge >= 0.3 is 0 Å². The van der Waals surface area contributed by atoms with Gasteiger partial charge in [-0.25, -0.2) is 4.57 Å². The predicted molar refractivity (Wildman–Crippen MR) is 112 cm³/mol. The van der Waals surface area contributed by atoms with Gasteiger partial charge in [0.25, 0.3) is 0 Å². The SMILES string of the molecule is Cc1c2c(cc3occc13)Sc1cc(CC(C)(C)C)cc3cc[n+](C)c-2c13. The van der Waals surface area contributed by atoms with E-state index in [2.05, 4.69) is 75.8 Å². The summed E-state index contributed by atoms with van der Waals surface area (Å²) in [7, 11) is 2.15. The van der Waals surface area contributed by atoms with Crippen molar-refractivity contribution in [2.24, 2.45) is 12.5 Å². The third-order valence-corrected chi connectivity index (χ3v) is 6.52. The normalized spacial score (nSPS) is 13.4. The molecule has 4 aromatic rings. The molecule has 0 saturated carbocycles. The number of hydrogen-bond acceptors (Lipinski definition) is 2. The molecule has 0 aliphatic carbocycles. The first-order valence-electron chi connectivity index (χ1n) is 9.46. The average Bonchev–Trinajstić information content (AvgIpc) is 3.04. The van der Waals surface area contributed by atoms with Gasteiger partial charge in [-0.2, -0.15) is 0 Å². The number of hydrogen-bond donors (Lipinski definition) is 0. The second kappa shape index (κ2) is 5.62. The van der Waals surface area contributed by atoms with Crippen molar-refractivity contribution >= 4 is 33.5 Å². The Hall–Kier alpha value is -2.26. The predicted octanol–water partition coefficient (Wildman–Crippen LogP) is 6.44. The average molecular weight is 375 g/mol. The number of furan rings is 1. The van der Waals surface area contributed by atoms with Crippen LogP contribution in [0.2, 0.25) is 0 Å². The van der Waals surface area contributed by atoms with Gasteiger partial charge in [0, 0.05) is 21.2 Å². The highest BCUT2D eigenvalue weighted by atomic mass is 32.2. The smallest absolute Gasteiger partial charge is 0.222 e. The Balaban J connectivity index is 1.85. The van der Waals surface area contributed by atoms with Crippen molar-refractivity contribution < 1.29 is 8.98 Å². The monoisotopic (exact) mass is 374 g/mol. The molecule has 2 aromatic heterocycles. The highest BCUT2D eigenvalue weighted by Crippen LogP contribution is 2.50. The molecular formula is C24H24NOS+. The lowest BCUT2D eigenvalue weighted by Gasteiger charge is -2.23. The van der Waals surface area contributed by atoms with Crippen LogP contribution in [0, 0.1) is 12.3 Å². The topological polar surface area (TPSA) is 17.0 Å². The number of rotatable bonds is 1. The minimum Gasteiger partial charge on any atom is -0.464 e. The molecule has 5 rings (SSSR count). The maximum Gasteiger partial charge on any atom is 0.222 e. The van der Waals surface area contributed by atoms with Gasteiger partial charge in [-0.3, -0.25) is 0 Å². The number of benzene rings is 2. The van der Waals surface area contributed by atoms with Crippen LogP contribution in [0.1, 0.15) is 31.9 Å². The number of nitrogens with zero attached hydrogens (tertiary/aromatic N) is 1. The van der Waals surface area contributed by atoms with Crippen LogP contribution < -0.4 is 4.57 Å². The molecule has 136 valence electrons. The maximum absolute atomic E-state index is 5.73. The summed E-state index contributed by atoms with van der Waals surface area (Å²) in [6.07, 6.45) is 5.07. The fraction of sp³-hybridized carbons (Fsp3) is 0.292. The minimum atomic E-state index is 0.275. The van der Waals surface area contributed by atoms with Crippen molar-refractivity contribution in [3.63, 3.8) is 0 Å². The lowest BCUT2D eigenvalue weighted by Crippen LogP contribution is -2.31. The van der Waals surface area contributed by atoms with Crippen molar-refractivity contribution in [1.82, 2.24) is 0 Å². The quantitative estimate of drug-likeness (QED) is 0.314. The van der Waals surface area contributed by atoms with Gasteiger partial charge < -0.3 is 4.42 Å². The molecule has 27 heavy (non-hydrogen) atoms. The molecule has 2 aromatic carbocycles. The number of fused-ring (bicyclic) bond motifs is 3.